The van der Waals surface area contributed by atoms with Crippen molar-refractivity contribution in [1.29, 1.82) is 0 Å². The quantitative estimate of drug-likeness (QED) is 0.542. The van der Waals surface area contributed by atoms with Gasteiger partial charge in [0.2, 0.25) is 0 Å². The fraction of sp³-hybridized carbons (Fsp3) is 0.286. The first-order valence-electron chi connectivity index (χ1n) is 8.90. The molecule has 0 atom stereocenters. The first-order chi connectivity index (χ1) is 13.1. The number of carbonyl (C=O) groups is 2. The van der Waals surface area contributed by atoms with Crippen molar-refractivity contribution in [3.8, 4) is 0 Å². The van der Waals surface area contributed by atoms with Gasteiger partial charge in [0.15, 0.2) is 6.61 Å². The number of aryl methyl sites for hydroxylation is 1. The summed E-state index contributed by atoms with van der Waals surface area (Å²) in [6.45, 7) is 2.29. The van der Waals surface area contributed by atoms with Crippen molar-refractivity contribution in [1.82, 2.24) is 5.01 Å². The molecule has 27 heavy (non-hydrogen) atoms. The zero-order valence-corrected chi connectivity index (χ0v) is 16.1. The molecular formula is C21H22N2O3S. The first kappa shape index (κ1) is 19.2. The van der Waals surface area contributed by atoms with E-state index in [2.05, 4.69) is 5.10 Å². The van der Waals surface area contributed by atoms with Crippen molar-refractivity contribution in [3.63, 3.8) is 0 Å². The van der Waals surface area contributed by atoms with Gasteiger partial charge < -0.3 is 4.74 Å². The van der Waals surface area contributed by atoms with Crippen LogP contribution in [0.3, 0.4) is 0 Å². The second-order valence-corrected chi connectivity index (χ2v) is 7.42. The Morgan fingerprint density at radius 1 is 1.11 bits per heavy atom. The number of ether oxygens (including phenoxy) is 1. The summed E-state index contributed by atoms with van der Waals surface area (Å²) in [4.78, 5) is 25.2. The molecule has 1 aliphatic rings. The third-order valence-corrected chi connectivity index (χ3v) is 5.16. The van der Waals surface area contributed by atoms with Crippen LogP contribution in [0.5, 0.6) is 0 Å². The van der Waals surface area contributed by atoms with Gasteiger partial charge in [0, 0.05) is 17.1 Å². The Balaban J connectivity index is 1.39. The summed E-state index contributed by atoms with van der Waals surface area (Å²) in [5.41, 5.74) is 3.10. The van der Waals surface area contributed by atoms with E-state index in [9.17, 15) is 9.59 Å². The number of hydrazone groups is 1. The molecule has 0 aromatic heterocycles. The Morgan fingerprint density at radius 3 is 2.59 bits per heavy atom. The van der Waals surface area contributed by atoms with Gasteiger partial charge in [0.25, 0.3) is 5.91 Å². The minimum absolute atomic E-state index is 0.264. The molecule has 0 radical (unpaired) electrons. The maximum absolute atomic E-state index is 12.2. The lowest BCUT2D eigenvalue weighted by Gasteiger charge is -2.11. The zero-order chi connectivity index (χ0) is 19.1. The van der Waals surface area contributed by atoms with Crippen LogP contribution in [0.25, 0.3) is 0 Å². The second-order valence-electron chi connectivity index (χ2n) is 6.25. The fourth-order valence-corrected chi connectivity index (χ4v) is 3.48. The predicted octanol–water partition coefficient (Wildman–Crippen LogP) is 3.66. The molecule has 5 nitrogen and oxygen atoms in total. The number of carbonyl (C=O) groups excluding carboxylic acids is 2. The number of thioether (sulfide) groups is 1. The van der Waals surface area contributed by atoms with Gasteiger partial charge in [-0.3, -0.25) is 9.59 Å². The number of nitrogens with zero attached hydrogens (tertiary/aromatic N) is 2. The molecule has 140 valence electrons. The lowest BCUT2D eigenvalue weighted by Crippen LogP contribution is -2.28. The van der Waals surface area contributed by atoms with E-state index >= 15 is 0 Å². The summed E-state index contributed by atoms with van der Waals surface area (Å²) in [6.07, 6.45) is 0.973. The minimum atomic E-state index is -0.366. The van der Waals surface area contributed by atoms with E-state index in [1.807, 2.05) is 61.5 Å². The van der Waals surface area contributed by atoms with Crippen LogP contribution in [0.2, 0.25) is 0 Å². The van der Waals surface area contributed by atoms with E-state index in [0.29, 0.717) is 18.7 Å². The molecule has 1 amide bonds. The Hall–Kier alpha value is -2.60. The van der Waals surface area contributed by atoms with Gasteiger partial charge >= 0.3 is 5.97 Å². The maximum Gasteiger partial charge on any atom is 0.307 e. The van der Waals surface area contributed by atoms with Gasteiger partial charge in [-0.05, 0) is 24.6 Å². The summed E-state index contributed by atoms with van der Waals surface area (Å²) in [5, 5.41) is 5.74. The largest absolute Gasteiger partial charge is 0.455 e. The third kappa shape index (κ3) is 5.69. The van der Waals surface area contributed by atoms with Crippen LogP contribution in [0.15, 0.2) is 64.6 Å². The van der Waals surface area contributed by atoms with Crippen molar-refractivity contribution in [2.45, 2.75) is 24.7 Å². The predicted molar refractivity (Wildman–Crippen MR) is 107 cm³/mol. The molecule has 3 rings (SSSR count). The van der Waals surface area contributed by atoms with Gasteiger partial charge in [0.1, 0.15) is 0 Å². The average molecular weight is 382 g/mol. The highest BCUT2D eigenvalue weighted by Crippen LogP contribution is 2.19. The molecule has 0 unspecified atom stereocenters. The van der Waals surface area contributed by atoms with Crippen molar-refractivity contribution < 1.29 is 14.3 Å². The van der Waals surface area contributed by atoms with Crippen LogP contribution >= 0.6 is 11.8 Å². The highest BCUT2D eigenvalue weighted by Gasteiger charge is 2.22. The standard InChI is InChI=1S/C21H22N2O3S/c1-16-7-9-18(10-8-16)27-14-12-21(25)26-15-20(24)23-13-11-19(22-23)17-5-3-2-4-6-17/h2-10H,11-15H2,1H3. The van der Waals surface area contributed by atoms with Crippen molar-refractivity contribution in [2.75, 3.05) is 18.9 Å². The molecule has 6 heteroatoms. The lowest BCUT2D eigenvalue weighted by atomic mass is 10.1. The average Bonchev–Trinajstić information content (AvgIpc) is 3.19. The van der Waals surface area contributed by atoms with E-state index in [1.165, 1.54) is 10.6 Å². The topological polar surface area (TPSA) is 59.0 Å². The molecule has 1 aliphatic heterocycles. The molecule has 0 spiro atoms. The normalized spacial score (nSPS) is 13.4. The molecule has 0 N–H and O–H groups in total. The number of hydrogen-bond donors (Lipinski definition) is 0. The summed E-state index contributed by atoms with van der Waals surface area (Å²) in [5.74, 6) is -0.0364. The van der Waals surface area contributed by atoms with Crippen molar-refractivity contribution in [2.24, 2.45) is 5.10 Å². The van der Waals surface area contributed by atoms with Crippen LogP contribution in [-0.2, 0) is 14.3 Å². The fourth-order valence-electron chi connectivity index (χ4n) is 2.65. The van der Waals surface area contributed by atoms with Crippen LogP contribution in [0.1, 0.15) is 24.0 Å². The Labute approximate surface area is 163 Å². The Morgan fingerprint density at radius 2 is 1.85 bits per heavy atom. The smallest absolute Gasteiger partial charge is 0.307 e. The molecule has 2 aromatic carbocycles. The van der Waals surface area contributed by atoms with Gasteiger partial charge in [-0.2, -0.15) is 5.10 Å². The zero-order valence-electron chi connectivity index (χ0n) is 15.3. The molecule has 0 bridgehead atoms. The lowest BCUT2D eigenvalue weighted by molar-refractivity contribution is -0.151. The second kappa shape index (κ2) is 9.37. The Bertz CT molecular complexity index is 819. The van der Waals surface area contributed by atoms with E-state index in [1.54, 1.807) is 11.8 Å². The molecule has 2 aromatic rings. The molecule has 0 saturated heterocycles. The van der Waals surface area contributed by atoms with Crippen LogP contribution in [0.4, 0.5) is 0 Å². The SMILES string of the molecule is Cc1ccc(SCCC(=O)OCC(=O)N2CCC(c3ccccc3)=N2)cc1. The Kier molecular flexibility index (Phi) is 6.65. The molecule has 0 fully saturated rings. The summed E-state index contributed by atoms with van der Waals surface area (Å²) < 4.78 is 5.10. The van der Waals surface area contributed by atoms with Gasteiger partial charge in [-0.15, -0.1) is 11.8 Å². The van der Waals surface area contributed by atoms with Crippen LogP contribution < -0.4 is 0 Å². The molecule has 0 saturated carbocycles. The number of benzene rings is 2. The number of esters is 1. The highest BCUT2D eigenvalue weighted by atomic mass is 32.2. The van der Waals surface area contributed by atoms with E-state index in [4.69, 9.17) is 4.74 Å². The van der Waals surface area contributed by atoms with Crippen molar-refractivity contribution >= 4 is 29.4 Å². The molecule has 0 aliphatic carbocycles. The number of amides is 1. The molecular weight excluding hydrogens is 360 g/mol. The van der Waals surface area contributed by atoms with Crippen LogP contribution in [0, 0.1) is 6.92 Å². The van der Waals surface area contributed by atoms with Crippen LogP contribution in [-0.4, -0.2) is 41.5 Å². The van der Waals surface area contributed by atoms with Gasteiger partial charge in [0.05, 0.1) is 18.7 Å². The summed E-state index contributed by atoms with van der Waals surface area (Å²) in [7, 11) is 0. The van der Waals surface area contributed by atoms with E-state index in [-0.39, 0.29) is 24.9 Å². The number of rotatable bonds is 7. The maximum atomic E-state index is 12.2. The monoisotopic (exact) mass is 382 g/mol. The minimum Gasteiger partial charge on any atom is -0.455 e. The van der Waals surface area contributed by atoms with Crippen molar-refractivity contribution in [3.05, 3.63) is 65.7 Å². The highest BCUT2D eigenvalue weighted by molar-refractivity contribution is 7.99. The summed E-state index contributed by atoms with van der Waals surface area (Å²) >= 11 is 1.60. The van der Waals surface area contributed by atoms with E-state index < -0.39 is 0 Å². The third-order valence-electron chi connectivity index (χ3n) is 4.15. The van der Waals surface area contributed by atoms with E-state index in [0.717, 1.165) is 16.2 Å². The first-order valence-corrected chi connectivity index (χ1v) is 9.89. The van der Waals surface area contributed by atoms with Gasteiger partial charge in [-0.25, -0.2) is 5.01 Å². The van der Waals surface area contributed by atoms with Gasteiger partial charge in [-0.1, -0.05) is 48.0 Å². The number of hydrogen-bond acceptors (Lipinski definition) is 5. The summed E-state index contributed by atoms with van der Waals surface area (Å²) in [6, 6.07) is 17.9. The molecule has 1 heterocycles.